The van der Waals surface area contributed by atoms with Gasteiger partial charge < -0.3 is 0 Å². The van der Waals surface area contributed by atoms with Crippen molar-refractivity contribution in [2.75, 3.05) is 0 Å². The maximum Gasteiger partial charge on any atom is 0.142 e. The Hall–Kier alpha value is -1.34. The minimum absolute atomic E-state index is 0.181. The van der Waals surface area contributed by atoms with Crippen LogP contribution in [0.4, 0.5) is 4.39 Å². The molecule has 0 spiro atoms. The highest BCUT2D eigenvalue weighted by Crippen LogP contribution is 2.40. The monoisotopic (exact) mass is 426 g/mol. The van der Waals surface area contributed by atoms with Gasteiger partial charge in [-0.05, 0) is 78.2 Å². The lowest BCUT2D eigenvalue weighted by Gasteiger charge is -2.32. The van der Waals surface area contributed by atoms with Crippen molar-refractivity contribution in [3.8, 4) is 11.1 Å². The quantitative estimate of drug-likeness (QED) is 0.431. The van der Waals surface area contributed by atoms with Crippen molar-refractivity contribution in [3.63, 3.8) is 0 Å². The lowest BCUT2D eigenvalue weighted by Crippen LogP contribution is -2.17. The van der Waals surface area contributed by atoms with Crippen molar-refractivity contribution < 1.29 is 4.39 Å². The van der Waals surface area contributed by atoms with E-state index in [2.05, 4.69) is 31.2 Å². The first-order valence-corrected chi connectivity index (χ1v) is 12.6. The summed E-state index contributed by atoms with van der Waals surface area (Å²) in [5.74, 6) is 3.31. The van der Waals surface area contributed by atoms with E-state index >= 15 is 0 Å². The maximum absolute atomic E-state index is 13.8. The Balaban J connectivity index is 1.24. The maximum atomic E-state index is 13.8. The van der Waals surface area contributed by atoms with Crippen LogP contribution in [0.15, 0.2) is 42.5 Å². The molecule has 0 bridgehead atoms. The molecule has 0 aliphatic heterocycles. The topological polar surface area (TPSA) is 0 Å². The van der Waals surface area contributed by atoms with Crippen LogP contribution in [0.3, 0.4) is 0 Å². The Morgan fingerprint density at radius 1 is 0.733 bits per heavy atom. The minimum Gasteiger partial charge on any atom is -0.205 e. The van der Waals surface area contributed by atoms with Gasteiger partial charge in [-0.3, -0.25) is 0 Å². The fourth-order valence-electron chi connectivity index (χ4n) is 5.81. The third-order valence-electron chi connectivity index (χ3n) is 8.01. The summed E-state index contributed by atoms with van der Waals surface area (Å²) in [5, 5.41) is 0.181. The van der Waals surface area contributed by atoms with Crippen molar-refractivity contribution in [2.45, 2.75) is 83.5 Å². The third-order valence-corrected chi connectivity index (χ3v) is 8.32. The van der Waals surface area contributed by atoms with Crippen LogP contribution in [0, 0.1) is 23.6 Å². The Morgan fingerprint density at radius 3 is 1.83 bits per heavy atom. The number of hydrogen-bond acceptors (Lipinski definition) is 0. The van der Waals surface area contributed by atoms with Crippen LogP contribution in [-0.4, -0.2) is 0 Å². The van der Waals surface area contributed by atoms with Gasteiger partial charge in [-0.25, -0.2) is 4.39 Å². The third kappa shape index (κ3) is 5.47. The zero-order chi connectivity index (χ0) is 20.9. The van der Waals surface area contributed by atoms with Gasteiger partial charge in [0.25, 0.3) is 0 Å². The predicted molar refractivity (Wildman–Crippen MR) is 127 cm³/mol. The molecule has 4 rings (SSSR count). The summed E-state index contributed by atoms with van der Waals surface area (Å²) in [7, 11) is 0. The molecule has 0 aromatic heterocycles. The Labute approximate surface area is 187 Å². The summed E-state index contributed by atoms with van der Waals surface area (Å²) in [6.45, 7) is 2.36. The largest absolute Gasteiger partial charge is 0.205 e. The van der Waals surface area contributed by atoms with Gasteiger partial charge in [0, 0.05) is 0 Å². The fourth-order valence-corrected chi connectivity index (χ4v) is 5.93. The Kier molecular flexibility index (Phi) is 7.52. The highest BCUT2D eigenvalue weighted by molar-refractivity contribution is 6.30. The first kappa shape index (κ1) is 21.9. The summed E-state index contributed by atoms with van der Waals surface area (Å²) in [6, 6.07) is 13.8. The van der Waals surface area contributed by atoms with E-state index in [1.165, 1.54) is 82.3 Å². The molecule has 2 aliphatic rings. The van der Waals surface area contributed by atoms with Gasteiger partial charge in [0.2, 0.25) is 0 Å². The number of benzene rings is 2. The molecular formula is C28H36ClF. The van der Waals surface area contributed by atoms with Gasteiger partial charge in [0.15, 0.2) is 0 Å². The number of rotatable bonds is 6. The zero-order valence-electron chi connectivity index (χ0n) is 18.4. The summed E-state index contributed by atoms with van der Waals surface area (Å²) >= 11 is 5.81. The smallest absolute Gasteiger partial charge is 0.142 e. The van der Waals surface area contributed by atoms with Gasteiger partial charge in [0.1, 0.15) is 5.82 Å². The van der Waals surface area contributed by atoms with Crippen LogP contribution in [0.2, 0.25) is 5.02 Å². The van der Waals surface area contributed by atoms with Gasteiger partial charge in [-0.1, -0.05) is 93.8 Å². The van der Waals surface area contributed by atoms with Crippen molar-refractivity contribution >= 4 is 11.6 Å². The molecule has 0 N–H and O–H groups in total. The molecule has 162 valence electrons. The summed E-state index contributed by atoms with van der Waals surface area (Å²) < 4.78 is 13.8. The molecule has 0 amide bonds. The van der Waals surface area contributed by atoms with Crippen LogP contribution in [0.5, 0.6) is 0 Å². The van der Waals surface area contributed by atoms with Crippen molar-refractivity contribution in [3.05, 3.63) is 58.9 Å². The molecule has 0 radical (unpaired) electrons. The zero-order valence-corrected chi connectivity index (χ0v) is 19.1. The van der Waals surface area contributed by atoms with Crippen molar-refractivity contribution in [1.82, 2.24) is 0 Å². The van der Waals surface area contributed by atoms with Crippen molar-refractivity contribution in [1.29, 1.82) is 0 Å². The van der Waals surface area contributed by atoms with Crippen LogP contribution >= 0.6 is 11.6 Å². The molecule has 2 fully saturated rings. The average molecular weight is 427 g/mol. The molecule has 0 saturated heterocycles. The van der Waals surface area contributed by atoms with Gasteiger partial charge in [0.05, 0.1) is 5.02 Å². The predicted octanol–water partition coefficient (Wildman–Crippen LogP) is 9.42. The molecule has 2 saturated carbocycles. The molecule has 0 unspecified atom stereocenters. The second kappa shape index (κ2) is 10.3. The van der Waals surface area contributed by atoms with Gasteiger partial charge in [-0.15, -0.1) is 0 Å². The Bertz CT molecular complexity index is 796. The van der Waals surface area contributed by atoms with Crippen LogP contribution in [0.25, 0.3) is 11.1 Å². The van der Waals surface area contributed by atoms with E-state index in [9.17, 15) is 4.39 Å². The Morgan fingerprint density at radius 2 is 1.27 bits per heavy atom. The molecule has 30 heavy (non-hydrogen) atoms. The fraction of sp³-hybridized carbons (Fsp3) is 0.571. The second-order valence-electron chi connectivity index (χ2n) is 9.84. The van der Waals surface area contributed by atoms with Crippen LogP contribution in [0.1, 0.15) is 89.0 Å². The van der Waals surface area contributed by atoms with Crippen LogP contribution < -0.4 is 0 Å². The average Bonchev–Trinajstić information content (AvgIpc) is 2.80. The number of hydrogen-bond donors (Lipinski definition) is 0. The molecule has 0 nitrogen and oxygen atoms in total. The second-order valence-corrected chi connectivity index (χ2v) is 10.2. The molecule has 0 heterocycles. The lowest BCUT2D eigenvalue weighted by molar-refractivity contribution is 0.227. The van der Waals surface area contributed by atoms with E-state index in [0.29, 0.717) is 5.92 Å². The van der Waals surface area contributed by atoms with E-state index < -0.39 is 0 Å². The van der Waals surface area contributed by atoms with Gasteiger partial charge >= 0.3 is 0 Å². The molecular weight excluding hydrogens is 391 g/mol. The van der Waals surface area contributed by atoms with Crippen LogP contribution in [-0.2, 0) is 0 Å². The first-order valence-electron chi connectivity index (χ1n) is 12.2. The SMILES string of the molecule is CCC1CCC(CCC2CCC(c3ccc(-c4ccc(Cl)c(F)c4)cc3)CC2)CC1. The van der Waals surface area contributed by atoms with Crippen molar-refractivity contribution in [2.24, 2.45) is 17.8 Å². The summed E-state index contributed by atoms with van der Waals surface area (Å²) in [5.41, 5.74) is 3.39. The molecule has 2 aromatic carbocycles. The molecule has 2 heteroatoms. The summed E-state index contributed by atoms with van der Waals surface area (Å²) in [4.78, 5) is 0. The first-order chi connectivity index (χ1) is 14.6. The highest BCUT2D eigenvalue weighted by atomic mass is 35.5. The van der Waals surface area contributed by atoms with E-state index in [1.807, 2.05) is 6.07 Å². The van der Waals surface area contributed by atoms with Gasteiger partial charge in [-0.2, -0.15) is 0 Å². The van der Waals surface area contributed by atoms with E-state index in [-0.39, 0.29) is 10.8 Å². The normalized spacial score (nSPS) is 27.2. The van der Waals surface area contributed by atoms with E-state index in [0.717, 1.165) is 28.9 Å². The summed E-state index contributed by atoms with van der Waals surface area (Å²) in [6.07, 6.45) is 15.7. The molecule has 2 aliphatic carbocycles. The molecule has 2 aromatic rings. The molecule has 0 atom stereocenters. The number of halogens is 2. The highest BCUT2D eigenvalue weighted by Gasteiger charge is 2.25. The van der Waals surface area contributed by atoms with E-state index in [1.54, 1.807) is 6.07 Å². The lowest BCUT2D eigenvalue weighted by atomic mass is 9.74. The standard InChI is InChI=1S/C28H36ClF/c1-2-20-3-5-21(6-4-20)7-8-22-9-11-23(12-10-22)24-13-15-25(16-14-24)26-17-18-27(29)28(30)19-26/h13-23H,2-12H2,1H3. The minimum atomic E-state index is -0.352. The van der Waals surface area contributed by atoms with E-state index in [4.69, 9.17) is 11.6 Å².